The van der Waals surface area contributed by atoms with Crippen LogP contribution in [0.3, 0.4) is 0 Å². The van der Waals surface area contributed by atoms with E-state index in [0.717, 1.165) is 31.0 Å². The Labute approximate surface area is 275 Å². The number of nitrogens with one attached hydrogen (secondary N) is 1. The van der Waals surface area contributed by atoms with Crippen molar-refractivity contribution in [3.8, 4) is 35.2 Å². The van der Waals surface area contributed by atoms with Gasteiger partial charge >= 0.3 is 6.01 Å². The standard InChI is InChI=1S/C36H36F5N5O2/c1-4-23-27(37)9-6-19-12-22(47)13-24(29(19)23)30-28(38)14-25-32(31(30)39)43-35(44-34(25)46-15-20-7-8-21(16-46)42-20)48-18-36(3)17-45(5-2)11-10-26(36)33(40)41/h1,6,9,12-14,20-21,26,33,42,47H,5,7-8,10-11,15-18H2,2-3H3/t20-,21+,26-,36+/m1/s1. The van der Waals surface area contributed by atoms with Crippen molar-refractivity contribution in [1.82, 2.24) is 20.2 Å². The van der Waals surface area contributed by atoms with Crippen LogP contribution in [-0.2, 0) is 0 Å². The number of ether oxygens (including phenoxy) is 1. The molecule has 1 aromatic heterocycles. The monoisotopic (exact) mass is 665 g/mol. The summed E-state index contributed by atoms with van der Waals surface area (Å²) in [6, 6.07) is 6.20. The number of likely N-dealkylation sites (tertiary alicyclic amines) is 1. The zero-order valence-electron chi connectivity index (χ0n) is 26.7. The molecule has 2 N–H and O–H groups in total. The van der Waals surface area contributed by atoms with Gasteiger partial charge in [0.15, 0.2) is 5.82 Å². The van der Waals surface area contributed by atoms with E-state index in [0.29, 0.717) is 39.1 Å². The lowest BCUT2D eigenvalue weighted by molar-refractivity contribution is -0.0721. The lowest BCUT2D eigenvalue weighted by atomic mass is 9.73. The molecule has 3 aliphatic rings. The van der Waals surface area contributed by atoms with Crippen LogP contribution in [0.15, 0.2) is 30.3 Å². The highest BCUT2D eigenvalue weighted by Gasteiger charge is 2.45. The summed E-state index contributed by atoms with van der Waals surface area (Å²) in [6.45, 7) is 6.28. The zero-order chi connectivity index (χ0) is 33.9. The average Bonchev–Trinajstić information content (AvgIpc) is 3.40. The number of fused-ring (bicyclic) bond motifs is 4. The molecule has 0 radical (unpaired) electrons. The normalized spacial score (nSPS) is 24.5. The lowest BCUT2D eigenvalue weighted by Gasteiger charge is -2.45. The number of hydrogen-bond donors (Lipinski definition) is 2. The van der Waals surface area contributed by atoms with Crippen LogP contribution in [0.2, 0.25) is 0 Å². The number of phenols is 1. The van der Waals surface area contributed by atoms with Crippen LogP contribution < -0.4 is 15.0 Å². The number of terminal acetylenes is 1. The molecule has 252 valence electrons. The van der Waals surface area contributed by atoms with E-state index in [1.807, 2.05) is 11.8 Å². The van der Waals surface area contributed by atoms with Gasteiger partial charge in [0.2, 0.25) is 6.43 Å². The molecule has 3 aromatic carbocycles. The molecular weight excluding hydrogens is 629 g/mol. The van der Waals surface area contributed by atoms with Crippen molar-refractivity contribution in [3.05, 3.63) is 53.3 Å². The van der Waals surface area contributed by atoms with Gasteiger partial charge in [0, 0.05) is 59.4 Å². The van der Waals surface area contributed by atoms with Crippen molar-refractivity contribution in [1.29, 1.82) is 0 Å². The van der Waals surface area contributed by atoms with Gasteiger partial charge in [-0.3, -0.25) is 0 Å². The number of benzene rings is 3. The van der Waals surface area contributed by atoms with Crippen molar-refractivity contribution >= 4 is 27.5 Å². The number of phenolic OH excluding ortho intramolecular Hbond substituents is 1. The maximum Gasteiger partial charge on any atom is 0.319 e. The Hall–Kier alpha value is -4.21. The minimum Gasteiger partial charge on any atom is -0.508 e. The van der Waals surface area contributed by atoms with Crippen LogP contribution >= 0.6 is 0 Å². The maximum atomic E-state index is 16.9. The Balaban J connectivity index is 1.39. The lowest BCUT2D eigenvalue weighted by Crippen LogP contribution is -2.52. The summed E-state index contributed by atoms with van der Waals surface area (Å²) in [6.07, 6.45) is 5.27. The van der Waals surface area contributed by atoms with E-state index in [2.05, 4.69) is 26.1 Å². The van der Waals surface area contributed by atoms with Gasteiger partial charge in [-0.2, -0.15) is 9.97 Å². The molecule has 0 amide bonds. The number of piperidine rings is 1. The number of alkyl halides is 2. The number of piperazine rings is 1. The van der Waals surface area contributed by atoms with Gasteiger partial charge in [-0.15, -0.1) is 6.42 Å². The second-order valence-electron chi connectivity index (χ2n) is 13.5. The summed E-state index contributed by atoms with van der Waals surface area (Å²) in [5.41, 5.74) is -2.12. The second-order valence-corrected chi connectivity index (χ2v) is 13.5. The van der Waals surface area contributed by atoms with Gasteiger partial charge in [0.05, 0.1) is 17.7 Å². The molecule has 4 heterocycles. The number of rotatable bonds is 7. The molecule has 3 aliphatic heterocycles. The first kappa shape index (κ1) is 32.3. The van der Waals surface area contributed by atoms with Crippen molar-refractivity contribution in [3.63, 3.8) is 0 Å². The number of hydrogen-bond acceptors (Lipinski definition) is 7. The highest BCUT2D eigenvalue weighted by atomic mass is 19.3. The van der Waals surface area contributed by atoms with E-state index < -0.39 is 40.8 Å². The number of nitrogens with zero attached hydrogens (tertiary/aromatic N) is 4. The van der Waals surface area contributed by atoms with Gasteiger partial charge in [-0.05, 0) is 62.0 Å². The molecule has 3 fully saturated rings. The van der Waals surface area contributed by atoms with E-state index in [1.54, 1.807) is 6.92 Å². The first-order valence-electron chi connectivity index (χ1n) is 16.3. The zero-order valence-corrected chi connectivity index (χ0v) is 26.7. The van der Waals surface area contributed by atoms with E-state index in [1.165, 1.54) is 12.1 Å². The van der Waals surface area contributed by atoms with Gasteiger partial charge in [-0.1, -0.05) is 25.8 Å². The summed E-state index contributed by atoms with van der Waals surface area (Å²) < 4.78 is 82.5. The summed E-state index contributed by atoms with van der Waals surface area (Å²) in [7, 11) is 0. The van der Waals surface area contributed by atoms with E-state index >= 15 is 8.78 Å². The van der Waals surface area contributed by atoms with E-state index in [-0.39, 0.29) is 69.1 Å². The van der Waals surface area contributed by atoms with Crippen molar-refractivity contribution < 1.29 is 31.8 Å². The Morgan fingerprint density at radius 2 is 1.83 bits per heavy atom. The molecule has 4 aromatic rings. The Morgan fingerprint density at radius 1 is 1.08 bits per heavy atom. The van der Waals surface area contributed by atoms with Crippen molar-refractivity contribution in [2.75, 3.05) is 44.2 Å². The van der Waals surface area contributed by atoms with Crippen molar-refractivity contribution in [2.24, 2.45) is 11.3 Å². The number of anilines is 1. The average molecular weight is 666 g/mol. The molecule has 0 aliphatic carbocycles. The van der Waals surface area contributed by atoms with Crippen molar-refractivity contribution in [2.45, 2.75) is 51.6 Å². The van der Waals surface area contributed by atoms with Gasteiger partial charge in [0.1, 0.15) is 28.7 Å². The summed E-state index contributed by atoms with van der Waals surface area (Å²) in [4.78, 5) is 13.1. The molecule has 0 unspecified atom stereocenters. The predicted molar refractivity (Wildman–Crippen MR) is 174 cm³/mol. The smallest absolute Gasteiger partial charge is 0.319 e. The second kappa shape index (κ2) is 12.3. The molecular formula is C36H36F5N5O2. The Bertz CT molecular complexity index is 1940. The van der Waals surface area contributed by atoms with Crippen LogP contribution in [0.25, 0.3) is 32.8 Å². The Morgan fingerprint density at radius 3 is 2.52 bits per heavy atom. The van der Waals surface area contributed by atoms with E-state index in [9.17, 15) is 18.3 Å². The fraction of sp³-hybridized carbons (Fsp3) is 0.444. The molecule has 4 atom stereocenters. The van der Waals surface area contributed by atoms with Crippen LogP contribution in [0, 0.1) is 41.1 Å². The van der Waals surface area contributed by atoms with Gasteiger partial charge in [0.25, 0.3) is 0 Å². The summed E-state index contributed by atoms with van der Waals surface area (Å²) in [5.74, 6) is -1.51. The fourth-order valence-electron chi connectivity index (χ4n) is 7.90. The third-order valence-electron chi connectivity index (χ3n) is 10.3. The molecule has 0 saturated carbocycles. The summed E-state index contributed by atoms with van der Waals surface area (Å²) >= 11 is 0. The topological polar surface area (TPSA) is 73.8 Å². The number of halogens is 5. The highest BCUT2D eigenvalue weighted by Crippen LogP contribution is 2.43. The highest BCUT2D eigenvalue weighted by molar-refractivity contribution is 6.04. The first-order valence-corrected chi connectivity index (χ1v) is 16.3. The molecule has 12 heteroatoms. The van der Waals surface area contributed by atoms with Crippen LogP contribution in [-0.4, -0.2) is 77.8 Å². The molecule has 2 bridgehead atoms. The Kier molecular flexibility index (Phi) is 8.32. The van der Waals surface area contributed by atoms with E-state index in [4.69, 9.17) is 11.2 Å². The SMILES string of the molecule is C#Cc1c(F)ccc2cc(O)cc(-c3c(F)cc4c(N5C[C@H]6CC[C@@H](C5)N6)nc(OC[C@]5(C)CN(CC)CC[C@@H]5C(F)F)nc4c3F)c12. The number of aromatic hydroxyl groups is 1. The maximum absolute atomic E-state index is 16.9. The molecule has 7 nitrogen and oxygen atoms in total. The minimum atomic E-state index is -2.56. The van der Waals surface area contributed by atoms with Crippen LogP contribution in [0.1, 0.15) is 38.7 Å². The first-order chi connectivity index (χ1) is 23.0. The van der Waals surface area contributed by atoms with Crippen LogP contribution in [0.5, 0.6) is 11.8 Å². The minimum absolute atomic E-state index is 0.0561. The third kappa shape index (κ3) is 5.56. The number of aromatic nitrogens is 2. The van der Waals surface area contributed by atoms with Gasteiger partial charge < -0.3 is 25.0 Å². The van der Waals surface area contributed by atoms with Crippen LogP contribution in [0.4, 0.5) is 27.8 Å². The third-order valence-corrected chi connectivity index (χ3v) is 10.3. The fourth-order valence-corrected chi connectivity index (χ4v) is 7.90. The van der Waals surface area contributed by atoms with Gasteiger partial charge in [-0.25, -0.2) is 22.0 Å². The summed E-state index contributed by atoms with van der Waals surface area (Å²) in [5, 5.41) is 14.5. The molecule has 0 spiro atoms. The molecule has 3 saturated heterocycles. The quantitative estimate of drug-likeness (QED) is 0.173. The largest absolute Gasteiger partial charge is 0.508 e. The molecule has 48 heavy (non-hydrogen) atoms. The molecule has 7 rings (SSSR count). The predicted octanol–water partition coefficient (Wildman–Crippen LogP) is 6.49.